The molecule has 4 heteroatoms. The van der Waals surface area contributed by atoms with E-state index in [1.165, 1.54) is 5.39 Å². The fourth-order valence-electron chi connectivity index (χ4n) is 2.81. The third-order valence-electron chi connectivity index (χ3n) is 3.96. The Morgan fingerprint density at radius 2 is 1.81 bits per heavy atom. The summed E-state index contributed by atoms with van der Waals surface area (Å²) in [7, 11) is 2.01. The molecule has 4 aromatic rings. The Labute approximate surface area is 121 Å². The molecule has 0 bridgehead atoms. The van der Waals surface area contributed by atoms with Crippen molar-refractivity contribution in [1.82, 2.24) is 9.13 Å². The second kappa shape index (κ2) is 4.06. The summed E-state index contributed by atoms with van der Waals surface area (Å²) in [4.78, 5) is 0. The number of benzene rings is 2. The number of aryl methyl sites for hydroxylation is 1. The van der Waals surface area contributed by atoms with Crippen LogP contribution in [0.1, 0.15) is 0 Å². The molecule has 0 spiro atoms. The smallest absolute Gasteiger partial charge is 0.203 e. The number of rotatable bonds is 1. The first kappa shape index (κ1) is 11.9. The van der Waals surface area contributed by atoms with Gasteiger partial charge in [-0.25, -0.2) is 0 Å². The summed E-state index contributed by atoms with van der Waals surface area (Å²) in [6.45, 7) is 0. The monoisotopic (exact) mass is 277 g/mol. The molecule has 4 rings (SSSR count). The quantitative estimate of drug-likeness (QED) is 0.524. The highest BCUT2D eigenvalue weighted by atomic mass is 16.3. The van der Waals surface area contributed by atoms with Crippen LogP contribution in [0.4, 0.5) is 5.69 Å². The van der Waals surface area contributed by atoms with E-state index in [0.29, 0.717) is 5.69 Å². The van der Waals surface area contributed by atoms with Crippen molar-refractivity contribution < 1.29 is 5.11 Å². The summed E-state index contributed by atoms with van der Waals surface area (Å²) in [5, 5.41) is 13.4. The van der Waals surface area contributed by atoms with Gasteiger partial charge in [0.25, 0.3) is 0 Å². The number of nitrogens with two attached hydrogens (primary N) is 1. The molecule has 0 saturated heterocycles. The van der Waals surface area contributed by atoms with Gasteiger partial charge in [-0.2, -0.15) is 0 Å². The molecule has 0 fully saturated rings. The predicted molar refractivity (Wildman–Crippen MR) is 85.8 cm³/mol. The van der Waals surface area contributed by atoms with Crippen LogP contribution in [0.2, 0.25) is 0 Å². The van der Waals surface area contributed by atoms with Gasteiger partial charge in [-0.05, 0) is 35.7 Å². The van der Waals surface area contributed by atoms with Gasteiger partial charge in [0.15, 0.2) is 0 Å². The fourth-order valence-corrected chi connectivity index (χ4v) is 2.81. The number of hydrogen-bond donors (Lipinski definition) is 2. The van der Waals surface area contributed by atoms with Crippen LogP contribution in [0.25, 0.3) is 27.4 Å². The van der Waals surface area contributed by atoms with E-state index in [4.69, 9.17) is 5.73 Å². The molecular formula is C17H15N3O. The minimum absolute atomic E-state index is 0.214. The number of hydrogen-bond acceptors (Lipinski definition) is 2. The molecule has 4 nitrogen and oxygen atoms in total. The van der Waals surface area contributed by atoms with Gasteiger partial charge in [-0.15, -0.1) is 0 Å². The molecule has 0 radical (unpaired) electrons. The first-order valence-electron chi connectivity index (χ1n) is 6.78. The average molecular weight is 277 g/mol. The normalized spacial score (nSPS) is 11.5. The van der Waals surface area contributed by atoms with Gasteiger partial charge in [0.2, 0.25) is 5.88 Å². The second-order valence-corrected chi connectivity index (χ2v) is 5.34. The topological polar surface area (TPSA) is 56.1 Å². The summed E-state index contributed by atoms with van der Waals surface area (Å²) >= 11 is 0. The zero-order chi connectivity index (χ0) is 14.6. The van der Waals surface area contributed by atoms with Crippen LogP contribution in [-0.4, -0.2) is 14.2 Å². The van der Waals surface area contributed by atoms with Crippen molar-refractivity contribution in [2.24, 2.45) is 7.05 Å². The molecule has 0 atom stereocenters. The minimum atomic E-state index is 0.214. The molecule has 3 N–H and O–H groups in total. The van der Waals surface area contributed by atoms with Gasteiger partial charge < -0.3 is 15.4 Å². The van der Waals surface area contributed by atoms with Crippen molar-refractivity contribution in [3.8, 4) is 11.6 Å². The highest BCUT2D eigenvalue weighted by Gasteiger charge is 2.11. The van der Waals surface area contributed by atoms with Crippen molar-refractivity contribution in [3.63, 3.8) is 0 Å². The summed E-state index contributed by atoms with van der Waals surface area (Å²) in [6, 6.07) is 13.8. The Morgan fingerprint density at radius 1 is 1.00 bits per heavy atom. The van der Waals surface area contributed by atoms with Crippen LogP contribution in [0.5, 0.6) is 5.88 Å². The van der Waals surface area contributed by atoms with Gasteiger partial charge in [0.1, 0.15) is 0 Å². The Bertz CT molecular complexity index is 978. The van der Waals surface area contributed by atoms with E-state index in [2.05, 4.69) is 22.8 Å². The number of aromatic hydroxyl groups is 1. The van der Waals surface area contributed by atoms with E-state index in [1.54, 1.807) is 10.6 Å². The van der Waals surface area contributed by atoms with Gasteiger partial charge in [-0.1, -0.05) is 12.1 Å². The lowest BCUT2D eigenvalue weighted by molar-refractivity contribution is 0.448. The number of aromatic nitrogens is 2. The Hall–Kier alpha value is -2.88. The largest absolute Gasteiger partial charge is 0.494 e. The summed E-state index contributed by atoms with van der Waals surface area (Å²) in [6.07, 6.45) is 3.95. The Morgan fingerprint density at radius 3 is 2.67 bits per heavy atom. The molecule has 0 aliphatic carbocycles. The molecule has 2 heterocycles. The van der Waals surface area contributed by atoms with E-state index in [9.17, 15) is 5.11 Å². The average Bonchev–Trinajstić information content (AvgIpc) is 3.01. The van der Waals surface area contributed by atoms with Gasteiger partial charge in [-0.3, -0.25) is 4.57 Å². The van der Waals surface area contributed by atoms with Gasteiger partial charge >= 0.3 is 0 Å². The summed E-state index contributed by atoms with van der Waals surface area (Å²) in [5.74, 6) is 0.214. The van der Waals surface area contributed by atoms with Crippen molar-refractivity contribution in [2.75, 3.05) is 5.73 Å². The first-order chi connectivity index (χ1) is 10.1. The van der Waals surface area contributed by atoms with Gasteiger partial charge in [0.05, 0.1) is 5.69 Å². The molecule has 0 aliphatic heterocycles. The molecular weight excluding hydrogens is 262 g/mol. The van der Waals surface area contributed by atoms with Gasteiger partial charge in [0, 0.05) is 41.4 Å². The molecule has 2 aromatic heterocycles. The van der Waals surface area contributed by atoms with Crippen LogP contribution in [-0.2, 0) is 7.05 Å². The summed E-state index contributed by atoms with van der Waals surface area (Å²) in [5.41, 5.74) is 8.50. The number of nitrogens with zero attached hydrogens (tertiary/aromatic N) is 2. The molecule has 21 heavy (non-hydrogen) atoms. The number of nitrogen functional groups attached to an aromatic ring is 1. The standard InChI is InChI=1S/C17H15N3O/c1-19-7-6-11-3-5-14(9-16(11)19)20-10-12-2-4-13(18)8-15(12)17(20)21/h2-10,21H,18H2,1H3. The zero-order valence-electron chi connectivity index (χ0n) is 11.6. The van der Waals surface area contributed by atoms with E-state index in [1.807, 2.05) is 37.6 Å². The van der Waals surface area contributed by atoms with E-state index < -0.39 is 0 Å². The molecule has 0 amide bonds. The van der Waals surface area contributed by atoms with Crippen LogP contribution < -0.4 is 5.73 Å². The van der Waals surface area contributed by atoms with Crippen LogP contribution in [0.15, 0.2) is 54.9 Å². The molecule has 104 valence electrons. The minimum Gasteiger partial charge on any atom is -0.494 e. The highest BCUT2D eigenvalue weighted by molar-refractivity contribution is 5.91. The van der Waals surface area contributed by atoms with Crippen LogP contribution >= 0.6 is 0 Å². The van der Waals surface area contributed by atoms with Crippen molar-refractivity contribution in [1.29, 1.82) is 0 Å². The lowest BCUT2D eigenvalue weighted by Gasteiger charge is -2.06. The maximum atomic E-state index is 10.5. The maximum absolute atomic E-state index is 10.5. The van der Waals surface area contributed by atoms with E-state index >= 15 is 0 Å². The summed E-state index contributed by atoms with van der Waals surface area (Å²) < 4.78 is 3.85. The SMILES string of the molecule is Cn1ccc2ccc(-n3cc4ccc(N)cc4c3O)cc21. The van der Waals surface area contributed by atoms with Crippen LogP contribution in [0.3, 0.4) is 0 Å². The lowest BCUT2D eigenvalue weighted by Crippen LogP contribution is -1.92. The fraction of sp³-hybridized carbons (Fsp3) is 0.0588. The van der Waals surface area contributed by atoms with Crippen molar-refractivity contribution in [3.05, 3.63) is 54.9 Å². The third kappa shape index (κ3) is 1.69. The molecule has 0 aliphatic rings. The van der Waals surface area contributed by atoms with Crippen molar-refractivity contribution in [2.45, 2.75) is 0 Å². The first-order valence-corrected chi connectivity index (χ1v) is 6.78. The lowest BCUT2D eigenvalue weighted by atomic mass is 10.2. The predicted octanol–water partition coefficient (Wildman–Crippen LogP) is 3.41. The molecule has 0 saturated carbocycles. The highest BCUT2D eigenvalue weighted by Crippen LogP contribution is 2.32. The Kier molecular flexibility index (Phi) is 2.30. The third-order valence-corrected chi connectivity index (χ3v) is 3.96. The zero-order valence-corrected chi connectivity index (χ0v) is 11.6. The van der Waals surface area contributed by atoms with Crippen molar-refractivity contribution >= 4 is 27.4 Å². The maximum Gasteiger partial charge on any atom is 0.203 e. The molecule has 2 aromatic carbocycles. The molecule has 0 unspecified atom stereocenters. The number of fused-ring (bicyclic) bond motifs is 2. The number of anilines is 1. The van der Waals surface area contributed by atoms with E-state index in [-0.39, 0.29) is 5.88 Å². The van der Waals surface area contributed by atoms with Crippen LogP contribution in [0, 0.1) is 0 Å². The Balaban J connectivity index is 1.99. The second-order valence-electron chi connectivity index (χ2n) is 5.34. The van der Waals surface area contributed by atoms with E-state index in [0.717, 1.165) is 22.0 Å².